The first kappa shape index (κ1) is 18.1. The van der Waals surface area contributed by atoms with Gasteiger partial charge in [0.15, 0.2) is 0 Å². The van der Waals surface area contributed by atoms with Gasteiger partial charge in [-0.05, 0) is 42.6 Å². The van der Waals surface area contributed by atoms with Crippen LogP contribution in [0.25, 0.3) is 10.8 Å². The van der Waals surface area contributed by atoms with Crippen molar-refractivity contribution in [2.45, 2.75) is 13.3 Å². The van der Waals surface area contributed by atoms with Crippen molar-refractivity contribution in [1.29, 1.82) is 0 Å². The molecule has 1 saturated heterocycles. The third kappa shape index (κ3) is 4.01. The summed E-state index contributed by atoms with van der Waals surface area (Å²) in [6, 6.07) is 11.8. The van der Waals surface area contributed by atoms with Gasteiger partial charge in [0, 0.05) is 36.9 Å². The Bertz CT molecular complexity index is 913. The third-order valence-electron chi connectivity index (χ3n) is 4.77. The fourth-order valence-electron chi connectivity index (χ4n) is 3.22. The van der Waals surface area contributed by atoms with Gasteiger partial charge in [0.25, 0.3) is 0 Å². The fourth-order valence-corrected chi connectivity index (χ4v) is 3.99. The fraction of sp³-hybridized carbons (Fsp3) is 0.300. The van der Waals surface area contributed by atoms with Gasteiger partial charge in [-0.3, -0.25) is 4.79 Å². The van der Waals surface area contributed by atoms with Crippen LogP contribution in [-0.4, -0.2) is 42.0 Å². The van der Waals surface area contributed by atoms with Crippen LogP contribution < -0.4 is 4.90 Å². The van der Waals surface area contributed by atoms with Crippen LogP contribution in [-0.2, 0) is 11.2 Å². The summed E-state index contributed by atoms with van der Waals surface area (Å²) in [7, 11) is 0. The maximum absolute atomic E-state index is 12.7. The lowest BCUT2D eigenvalue weighted by atomic mass is 10.2. The molecule has 0 atom stereocenters. The number of carbonyl (C=O) groups excluding carboxylic acids is 1. The predicted octanol–water partition coefficient (Wildman–Crippen LogP) is 4.26. The molecule has 5 nitrogen and oxygen atoms in total. The molecule has 27 heavy (non-hydrogen) atoms. The third-order valence-corrected chi connectivity index (χ3v) is 5.88. The second kappa shape index (κ2) is 7.74. The van der Waals surface area contributed by atoms with E-state index in [-0.39, 0.29) is 12.3 Å². The molecule has 0 aliphatic carbocycles. The van der Waals surface area contributed by atoms with Crippen LogP contribution in [0.4, 0.5) is 5.69 Å². The largest absolute Gasteiger partial charge is 0.440 e. The molecule has 1 aliphatic heterocycles. The summed E-state index contributed by atoms with van der Waals surface area (Å²) in [6.45, 7) is 4.90. The SMILES string of the molecule is Cc1oc(-c2cccs2)nc1CC(=O)N1CCN(c2ccc(Cl)cc2)CC1. The quantitative estimate of drug-likeness (QED) is 0.655. The molecule has 1 amide bonds. The topological polar surface area (TPSA) is 49.6 Å². The number of oxazole rings is 1. The number of aryl methyl sites for hydroxylation is 1. The van der Waals surface area contributed by atoms with Crippen LogP contribution in [0.2, 0.25) is 5.02 Å². The van der Waals surface area contributed by atoms with Crippen LogP contribution >= 0.6 is 22.9 Å². The first-order valence-corrected chi connectivity index (χ1v) is 10.1. The van der Waals surface area contributed by atoms with Crippen LogP contribution in [0.1, 0.15) is 11.5 Å². The molecule has 3 heterocycles. The van der Waals surface area contributed by atoms with Crippen molar-refractivity contribution in [3.8, 4) is 10.8 Å². The van der Waals surface area contributed by atoms with Crippen molar-refractivity contribution >= 4 is 34.5 Å². The van der Waals surface area contributed by atoms with Crippen molar-refractivity contribution in [2.24, 2.45) is 0 Å². The first-order valence-electron chi connectivity index (χ1n) is 8.88. The summed E-state index contributed by atoms with van der Waals surface area (Å²) in [5.74, 6) is 1.41. The average Bonchev–Trinajstić information content (AvgIpc) is 3.33. The van der Waals surface area contributed by atoms with Crippen molar-refractivity contribution in [3.63, 3.8) is 0 Å². The Balaban J connectivity index is 1.37. The molecule has 3 aromatic rings. The van der Waals surface area contributed by atoms with Crippen LogP contribution in [0.3, 0.4) is 0 Å². The number of hydrogen-bond acceptors (Lipinski definition) is 5. The van der Waals surface area contributed by atoms with Gasteiger partial charge in [-0.25, -0.2) is 4.98 Å². The first-order chi connectivity index (χ1) is 13.1. The molecule has 0 unspecified atom stereocenters. The Labute approximate surface area is 167 Å². The van der Waals surface area contributed by atoms with Gasteiger partial charge in [-0.2, -0.15) is 0 Å². The van der Waals surface area contributed by atoms with E-state index >= 15 is 0 Å². The van der Waals surface area contributed by atoms with Gasteiger partial charge in [0.05, 0.1) is 17.0 Å². The van der Waals surface area contributed by atoms with Crippen LogP contribution in [0.5, 0.6) is 0 Å². The van der Waals surface area contributed by atoms with Crippen molar-refractivity contribution in [3.05, 3.63) is 58.3 Å². The molecular formula is C20H20ClN3O2S. The Morgan fingerprint density at radius 1 is 1.19 bits per heavy atom. The Kier molecular flexibility index (Phi) is 5.18. The molecule has 0 saturated carbocycles. The number of carbonyl (C=O) groups is 1. The normalized spacial score (nSPS) is 14.6. The van der Waals surface area contributed by atoms with E-state index in [0.29, 0.717) is 24.7 Å². The van der Waals surface area contributed by atoms with Crippen LogP contribution in [0, 0.1) is 6.92 Å². The van der Waals surface area contributed by atoms with Gasteiger partial charge >= 0.3 is 0 Å². The summed E-state index contributed by atoms with van der Waals surface area (Å²) in [6.07, 6.45) is 0.279. The number of benzene rings is 1. The van der Waals surface area contributed by atoms with E-state index in [1.807, 2.05) is 53.6 Å². The highest BCUT2D eigenvalue weighted by Crippen LogP contribution is 2.26. The van der Waals surface area contributed by atoms with Crippen molar-refractivity contribution in [1.82, 2.24) is 9.88 Å². The van der Waals surface area contributed by atoms with Crippen molar-refractivity contribution < 1.29 is 9.21 Å². The Morgan fingerprint density at radius 2 is 1.93 bits per heavy atom. The summed E-state index contributed by atoms with van der Waals surface area (Å²) in [5.41, 5.74) is 1.86. The summed E-state index contributed by atoms with van der Waals surface area (Å²) >= 11 is 7.53. The lowest BCUT2D eigenvalue weighted by molar-refractivity contribution is -0.130. The maximum atomic E-state index is 12.7. The summed E-state index contributed by atoms with van der Waals surface area (Å²) in [5, 5.41) is 2.72. The molecule has 140 valence electrons. The number of piperazine rings is 1. The number of halogens is 1. The lowest BCUT2D eigenvalue weighted by Gasteiger charge is -2.36. The molecule has 0 radical (unpaired) electrons. The molecule has 2 aromatic heterocycles. The van der Waals surface area contributed by atoms with Gasteiger partial charge in [-0.1, -0.05) is 17.7 Å². The standard InChI is InChI=1S/C20H20ClN3O2S/c1-14-17(22-20(26-14)18-3-2-12-27-18)13-19(25)24-10-8-23(9-11-24)16-6-4-15(21)5-7-16/h2-7,12H,8-11,13H2,1H3. The Morgan fingerprint density at radius 3 is 2.59 bits per heavy atom. The molecule has 0 N–H and O–H groups in total. The highest BCUT2D eigenvalue weighted by Gasteiger charge is 2.23. The summed E-state index contributed by atoms with van der Waals surface area (Å²) < 4.78 is 5.74. The zero-order valence-corrected chi connectivity index (χ0v) is 16.6. The molecule has 1 fully saturated rings. The van der Waals surface area contributed by atoms with Crippen LogP contribution in [0.15, 0.2) is 46.2 Å². The number of hydrogen-bond donors (Lipinski definition) is 0. The Hall–Kier alpha value is -2.31. The van der Waals surface area contributed by atoms with E-state index in [2.05, 4.69) is 9.88 Å². The second-order valence-electron chi connectivity index (χ2n) is 6.52. The maximum Gasteiger partial charge on any atom is 0.236 e. The molecule has 1 aromatic carbocycles. The van der Waals surface area contributed by atoms with Gasteiger partial charge in [-0.15, -0.1) is 11.3 Å². The smallest absolute Gasteiger partial charge is 0.236 e. The highest BCUT2D eigenvalue weighted by atomic mass is 35.5. The van der Waals surface area contributed by atoms with E-state index < -0.39 is 0 Å². The minimum Gasteiger partial charge on any atom is -0.440 e. The molecular weight excluding hydrogens is 382 g/mol. The number of thiophene rings is 1. The van der Waals surface area contributed by atoms with E-state index in [0.717, 1.165) is 34.4 Å². The minimum absolute atomic E-state index is 0.0971. The molecule has 0 spiro atoms. The lowest BCUT2D eigenvalue weighted by Crippen LogP contribution is -2.49. The summed E-state index contributed by atoms with van der Waals surface area (Å²) in [4.78, 5) is 22.4. The highest BCUT2D eigenvalue weighted by molar-refractivity contribution is 7.13. The van der Waals surface area contributed by atoms with Gasteiger partial charge in [0.2, 0.25) is 11.8 Å². The molecule has 1 aliphatic rings. The molecule has 4 rings (SSSR count). The second-order valence-corrected chi connectivity index (χ2v) is 7.90. The zero-order valence-electron chi connectivity index (χ0n) is 15.0. The number of amides is 1. The number of rotatable bonds is 4. The van der Waals surface area contributed by atoms with Gasteiger partial charge in [0.1, 0.15) is 5.76 Å². The average molecular weight is 402 g/mol. The monoisotopic (exact) mass is 401 g/mol. The van der Waals surface area contributed by atoms with E-state index in [9.17, 15) is 4.79 Å². The zero-order chi connectivity index (χ0) is 18.8. The number of nitrogens with zero attached hydrogens (tertiary/aromatic N) is 3. The minimum atomic E-state index is 0.0971. The molecule has 0 bridgehead atoms. The van der Waals surface area contributed by atoms with E-state index in [1.165, 1.54) is 0 Å². The van der Waals surface area contributed by atoms with E-state index in [1.54, 1.807) is 11.3 Å². The van der Waals surface area contributed by atoms with Crippen molar-refractivity contribution in [2.75, 3.05) is 31.1 Å². The van der Waals surface area contributed by atoms with E-state index in [4.69, 9.17) is 16.0 Å². The number of anilines is 1. The number of aromatic nitrogens is 1. The predicted molar refractivity (Wildman–Crippen MR) is 109 cm³/mol. The van der Waals surface area contributed by atoms with Gasteiger partial charge < -0.3 is 14.2 Å². The molecule has 7 heteroatoms.